The van der Waals surface area contributed by atoms with Gasteiger partial charge in [-0.25, -0.2) is 0 Å². The molecule has 1 heteroatoms. The average molecular weight is 247 g/mol. The van der Waals surface area contributed by atoms with Crippen LogP contribution < -0.4 is 5.73 Å². The van der Waals surface area contributed by atoms with Crippen LogP contribution in [0.25, 0.3) is 0 Å². The molecule has 0 saturated heterocycles. The zero-order valence-corrected chi connectivity index (χ0v) is 13.1. The Morgan fingerprint density at radius 2 is 1.61 bits per heavy atom. The molecule has 1 nitrogen and oxygen atoms in total. The van der Waals surface area contributed by atoms with E-state index in [1.807, 2.05) is 0 Å². The molecule has 102 valence electrons. The summed E-state index contributed by atoms with van der Waals surface area (Å²) in [5.41, 5.74) is 11.5. The second-order valence-corrected chi connectivity index (χ2v) is 7.14. The summed E-state index contributed by atoms with van der Waals surface area (Å²) in [6.07, 6.45) is 1.11. The van der Waals surface area contributed by atoms with Crippen molar-refractivity contribution in [3.8, 4) is 0 Å². The summed E-state index contributed by atoms with van der Waals surface area (Å²) in [7, 11) is 0. The molecule has 0 amide bonds. The minimum Gasteiger partial charge on any atom is -0.398 e. The Bertz CT molecular complexity index is 408. The van der Waals surface area contributed by atoms with Crippen molar-refractivity contribution < 1.29 is 0 Å². The zero-order valence-electron chi connectivity index (χ0n) is 13.1. The first-order chi connectivity index (χ1) is 8.12. The molecule has 0 heterocycles. The third-order valence-corrected chi connectivity index (χ3v) is 3.37. The zero-order chi connectivity index (χ0) is 14.1. The Kier molecular flexibility index (Phi) is 4.47. The quantitative estimate of drug-likeness (QED) is 0.756. The summed E-state index contributed by atoms with van der Waals surface area (Å²) >= 11 is 0. The van der Waals surface area contributed by atoms with Crippen LogP contribution in [0.1, 0.15) is 71.1 Å². The van der Waals surface area contributed by atoms with E-state index >= 15 is 0 Å². The van der Waals surface area contributed by atoms with Gasteiger partial charge in [0.2, 0.25) is 0 Å². The molecule has 0 fully saturated rings. The van der Waals surface area contributed by atoms with E-state index < -0.39 is 0 Å². The number of hydrogen-bond acceptors (Lipinski definition) is 1. The number of anilines is 1. The molecule has 0 aliphatic heterocycles. The van der Waals surface area contributed by atoms with E-state index in [2.05, 4.69) is 60.6 Å². The van der Waals surface area contributed by atoms with Crippen LogP contribution in [0.4, 0.5) is 5.69 Å². The first-order valence-corrected chi connectivity index (χ1v) is 7.05. The van der Waals surface area contributed by atoms with Crippen molar-refractivity contribution in [3.05, 3.63) is 28.8 Å². The van der Waals surface area contributed by atoms with Gasteiger partial charge in [0.1, 0.15) is 0 Å². The highest BCUT2D eigenvalue weighted by molar-refractivity contribution is 5.55. The largest absolute Gasteiger partial charge is 0.398 e. The topological polar surface area (TPSA) is 26.0 Å². The smallest absolute Gasteiger partial charge is 0.0354 e. The van der Waals surface area contributed by atoms with E-state index in [-0.39, 0.29) is 5.41 Å². The minimum atomic E-state index is 0.115. The van der Waals surface area contributed by atoms with E-state index in [0.717, 1.165) is 12.1 Å². The number of rotatable bonds is 3. The van der Waals surface area contributed by atoms with Crippen molar-refractivity contribution in [2.45, 2.75) is 66.2 Å². The molecule has 0 spiro atoms. The van der Waals surface area contributed by atoms with Crippen LogP contribution in [0.2, 0.25) is 0 Å². The maximum absolute atomic E-state index is 6.25. The molecule has 0 unspecified atom stereocenters. The third kappa shape index (κ3) is 3.51. The highest BCUT2D eigenvalue weighted by Gasteiger charge is 2.20. The van der Waals surface area contributed by atoms with Gasteiger partial charge in [-0.15, -0.1) is 0 Å². The molecular formula is C17H29N. The molecule has 0 atom stereocenters. The number of hydrogen-bond donors (Lipinski definition) is 1. The molecule has 2 N–H and O–H groups in total. The Morgan fingerprint density at radius 3 is 2.00 bits per heavy atom. The van der Waals surface area contributed by atoms with Gasteiger partial charge >= 0.3 is 0 Å². The monoisotopic (exact) mass is 247 g/mol. The average Bonchev–Trinajstić information content (AvgIpc) is 2.13. The second-order valence-electron chi connectivity index (χ2n) is 7.14. The molecule has 0 aromatic heterocycles. The van der Waals surface area contributed by atoms with Gasteiger partial charge in [-0.1, -0.05) is 54.5 Å². The van der Waals surface area contributed by atoms with Crippen LogP contribution in [0.3, 0.4) is 0 Å². The SMILES string of the molecule is CC(C)Cc1cc(N)c(C(C)(C)C)cc1C(C)C. The fraction of sp³-hybridized carbons (Fsp3) is 0.647. The van der Waals surface area contributed by atoms with Gasteiger partial charge in [-0.2, -0.15) is 0 Å². The lowest BCUT2D eigenvalue weighted by atomic mass is 9.81. The molecule has 0 saturated carbocycles. The Hall–Kier alpha value is -0.980. The highest BCUT2D eigenvalue weighted by atomic mass is 14.6. The number of nitrogen functional groups attached to an aromatic ring is 1. The van der Waals surface area contributed by atoms with Crippen LogP contribution in [-0.2, 0) is 11.8 Å². The highest BCUT2D eigenvalue weighted by Crippen LogP contribution is 2.33. The van der Waals surface area contributed by atoms with Gasteiger partial charge in [-0.05, 0) is 46.4 Å². The molecule has 0 bridgehead atoms. The van der Waals surface area contributed by atoms with Gasteiger partial charge < -0.3 is 5.73 Å². The van der Waals surface area contributed by atoms with Crippen molar-refractivity contribution in [1.82, 2.24) is 0 Å². The molecule has 1 aromatic carbocycles. The standard InChI is InChI=1S/C17H29N/c1-11(2)8-13-9-16(18)15(17(5,6)7)10-14(13)12(3)4/h9-12H,8,18H2,1-7H3. The van der Waals surface area contributed by atoms with Crippen molar-refractivity contribution >= 4 is 5.69 Å². The fourth-order valence-corrected chi connectivity index (χ4v) is 2.48. The maximum Gasteiger partial charge on any atom is 0.0354 e. The van der Waals surface area contributed by atoms with Crippen molar-refractivity contribution in [2.75, 3.05) is 5.73 Å². The van der Waals surface area contributed by atoms with Crippen molar-refractivity contribution in [1.29, 1.82) is 0 Å². The Morgan fingerprint density at radius 1 is 1.06 bits per heavy atom. The van der Waals surface area contributed by atoms with Crippen LogP contribution in [0.15, 0.2) is 12.1 Å². The molecule has 1 rings (SSSR count). The van der Waals surface area contributed by atoms with E-state index in [4.69, 9.17) is 5.73 Å². The van der Waals surface area contributed by atoms with Crippen molar-refractivity contribution in [2.24, 2.45) is 5.92 Å². The summed E-state index contributed by atoms with van der Waals surface area (Å²) in [6.45, 7) is 15.7. The van der Waals surface area contributed by atoms with Gasteiger partial charge in [0, 0.05) is 5.69 Å². The molecule has 0 radical (unpaired) electrons. The first kappa shape index (κ1) is 15.1. The lowest BCUT2D eigenvalue weighted by molar-refractivity contribution is 0.588. The second kappa shape index (κ2) is 5.34. The molecular weight excluding hydrogens is 218 g/mol. The Labute approximate surface area is 113 Å². The Balaban J connectivity index is 3.35. The molecule has 18 heavy (non-hydrogen) atoms. The van der Waals surface area contributed by atoms with Crippen LogP contribution in [0.5, 0.6) is 0 Å². The fourth-order valence-electron chi connectivity index (χ4n) is 2.48. The van der Waals surface area contributed by atoms with Gasteiger partial charge in [0.05, 0.1) is 0 Å². The van der Waals surface area contributed by atoms with E-state index in [1.54, 1.807) is 0 Å². The van der Waals surface area contributed by atoms with Gasteiger partial charge in [0.25, 0.3) is 0 Å². The van der Waals surface area contributed by atoms with Gasteiger partial charge in [-0.3, -0.25) is 0 Å². The molecule has 0 aliphatic rings. The summed E-state index contributed by atoms with van der Waals surface area (Å²) in [4.78, 5) is 0. The van der Waals surface area contributed by atoms with Crippen LogP contribution >= 0.6 is 0 Å². The first-order valence-electron chi connectivity index (χ1n) is 7.05. The predicted octanol–water partition coefficient (Wildman–Crippen LogP) is 4.89. The third-order valence-electron chi connectivity index (χ3n) is 3.37. The van der Waals surface area contributed by atoms with Crippen LogP contribution in [-0.4, -0.2) is 0 Å². The molecule has 0 aliphatic carbocycles. The lowest BCUT2D eigenvalue weighted by Crippen LogP contribution is -2.16. The summed E-state index contributed by atoms with van der Waals surface area (Å²) in [5, 5.41) is 0. The normalized spacial score (nSPS) is 12.5. The number of benzene rings is 1. The minimum absolute atomic E-state index is 0.115. The number of nitrogens with two attached hydrogens (primary N) is 1. The predicted molar refractivity (Wildman–Crippen MR) is 82.2 cm³/mol. The molecule has 1 aromatic rings. The summed E-state index contributed by atoms with van der Waals surface area (Å²) < 4.78 is 0. The van der Waals surface area contributed by atoms with E-state index in [1.165, 1.54) is 16.7 Å². The van der Waals surface area contributed by atoms with Crippen LogP contribution in [0, 0.1) is 5.92 Å². The summed E-state index contributed by atoms with van der Waals surface area (Å²) in [5.74, 6) is 1.22. The maximum atomic E-state index is 6.25. The van der Waals surface area contributed by atoms with E-state index in [0.29, 0.717) is 11.8 Å². The van der Waals surface area contributed by atoms with E-state index in [9.17, 15) is 0 Å². The summed E-state index contributed by atoms with van der Waals surface area (Å²) in [6, 6.07) is 4.54. The lowest BCUT2D eigenvalue weighted by Gasteiger charge is -2.25. The van der Waals surface area contributed by atoms with Gasteiger partial charge in [0.15, 0.2) is 0 Å². The van der Waals surface area contributed by atoms with Crippen molar-refractivity contribution in [3.63, 3.8) is 0 Å².